The summed E-state index contributed by atoms with van der Waals surface area (Å²) in [6, 6.07) is 0. The molecule has 16 heavy (non-hydrogen) atoms. The molecule has 0 saturated heterocycles. The highest BCUT2D eigenvalue weighted by atomic mass is 16.3. The Balaban J connectivity index is 2.31. The van der Waals surface area contributed by atoms with E-state index in [4.69, 9.17) is 6.42 Å². The molecule has 0 spiro atoms. The molecule has 0 aromatic heterocycles. The van der Waals surface area contributed by atoms with Crippen LogP contribution in [0.3, 0.4) is 0 Å². The van der Waals surface area contributed by atoms with Gasteiger partial charge in [0.1, 0.15) is 0 Å². The molecule has 90 valence electrons. The third kappa shape index (κ3) is 3.84. The summed E-state index contributed by atoms with van der Waals surface area (Å²) < 4.78 is 0. The molecule has 1 aliphatic rings. The number of likely N-dealkylation sites (N-methyl/N-ethyl adjacent to an activating group) is 1. The molecule has 0 radical (unpaired) electrons. The minimum Gasteiger partial charge on any atom is -0.388 e. The van der Waals surface area contributed by atoms with Crippen molar-refractivity contribution in [2.45, 2.75) is 31.3 Å². The number of rotatable bonds is 5. The van der Waals surface area contributed by atoms with Gasteiger partial charge in [0.05, 0.1) is 18.7 Å². The van der Waals surface area contributed by atoms with Crippen LogP contribution in [0.25, 0.3) is 0 Å². The van der Waals surface area contributed by atoms with Crippen LogP contribution in [0.1, 0.15) is 25.7 Å². The molecule has 0 aliphatic heterocycles. The summed E-state index contributed by atoms with van der Waals surface area (Å²) in [7, 11) is 1.72. The molecule has 0 aromatic rings. The summed E-state index contributed by atoms with van der Waals surface area (Å²) in [5, 5.41) is 13.0. The Morgan fingerprint density at radius 2 is 2.19 bits per heavy atom. The number of nitrogens with one attached hydrogen (secondary N) is 1. The molecule has 1 saturated carbocycles. The van der Waals surface area contributed by atoms with Gasteiger partial charge in [0.2, 0.25) is 5.91 Å². The summed E-state index contributed by atoms with van der Waals surface area (Å²) in [6.07, 6.45) is 8.75. The summed E-state index contributed by atoms with van der Waals surface area (Å²) >= 11 is 0. The third-order valence-corrected chi connectivity index (χ3v) is 2.99. The Kier molecular flexibility index (Phi) is 4.78. The number of amides is 1. The number of nitrogens with zero attached hydrogens (tertiary/aromatic N) is 1. The van der Waals surface area contributed by atoms with Gasteiger partial charge in [0.25, 0.3) is 0 Å². The first-order chi connectivity index (χ1) is 7.57. The number of hydrogen-bond acceptors (Lipinski definition) is 3. The topological polar surface area (TPSA) is 52.6 Å². The molecule has 2 N–H and O–H groups in total. The van der Waals surface area contributed by atoms with Gasteiger partial charge in [-0.15, -0.1) is 6.42 Å². The van der Waals surface area contributed by atoms with E-state index in [0.29, 0.717) is 13.1 Å². The maximum Gasteiger partial charge on any atom is 0.236 e. The first-order valence-corrected chi connectivity index (χ1v) is 5.68. The van der Waals surface area contributed by atoms with Crippen molar-refractivity contribution in [2.24, 2.45) is 0 Å². The Bertz CT molecular complexity index is 277. The standard InChI is InChI=1S/C12H20N2O2/c1-3-8-13-9-11(15)14(2)10-12(16)6-4-5-7-12/h1,13,16H,4-10H2,2H3. The molecule has 0 aromatic carbocycles. The second-order valence-electron chi connectivity index (χ2n) is 4.49. The highest BCUT2D eigenvalue weighted by molar-refractivity contribution is 5.78. The lowest BCUT2D eigenvalue weighted by Crippen LogP contribution is -2.44. The molecule has 0 heterocycles. The van der Waals surface area contributed by atoms with Gasteiger partial charge in [0.15, 0.2) is 0 Å². The predicted octanol–water partition coefficient (Wildman–Crippen LogP) is -0.0273. The van der Waals surface area contributed by atoms with Crippen LogP contribution in [0.2, 0.25) is 0 Å². The molecule has 1 amide bonds. The average molecular weight is 224 g/mol. The fourth-order valence-electron chi connectivity index (χ4n) is 2.10. The quantitative estimate of drug-likeness (QED) is 0.509. The molecule has 1 rings (SSSR count). The molecular formula is C12H20N2O2. The number of carbonyl (C=O) groups is 1. The van der Waals surface area contributed by atoms with Crippen LogP contribution in [0.5, 0.6) is 0 Å². The Morgan fingerprint density at radius 1 is 1.56 bits per heavy atom. The average Bonchev–Trinajstić information content (AvgIpc) is 2.65. The molecule has 1 aliphatic carbocycles. The Hall–Kier alpha value is -1.05. The lowest BCUT2D eigenvalue weighted by atomic mass is 10.0. The van der Waals surface area contributed by atoms with E-state index in [1.54, 1.807) is 11.9 Å². The van der Waals surface area contributed by atoms with Crippen molar-refractivity contribution in [3.8, 4) is 12.3 Å². The van der Waals surface area contributed by atoms with Crippen LogP contribution in [0.4, 0.5) is 0 Å². The second kappa shape index (κ2) is 5.88. The molecular weight excluding hydrogens is 204 g/mol. The maximum absolute atomic E-state index is 11.6. The zero-order valence-corrected chi connectivity index (χ0v) is 9.83. The van der Waals surface area contributed by atoms with Gasteiger partial charge < -0.3 is 10.0 Å². The first-order valence-electron chi connectivity index (χ1n) is 5.68. The minimum absolute atomic E-state index is 0.0319. The fourth-order valence-corrected chi connectivity index (χ4v) is 2.10. The van der Waals surface area contributed by atoms with Gasteiger partial charge in [-0.2, -0.15) is 0 Å². The van der Waals surface area contributed by atoms with Crippen molar-refractivity contribution in [1.29, 1.82) is 0 Å². The SMILES string of the molecule is C#CCNCC(=O)N(C)CC1(O)CCCC1. The lowest BCUT2D eigenvalue weighted by molar-refractivity contribution is -0.132. The van der Waals surface area contributed by atoms with E-state index < -0.39 is 5.60 Å². The Labute approximate surface area is 97.0 Å². The minimum atomic E-state index is -0.670. The van der Waals surface area contributed by atoms with Gasteiger partial charge >= 0.3 is 0 Å². The molecule has 4 heteroatoms. The van der Waals surface area contributed by atoms with Crippen LogP contribution in [-0.4, -0.2) is 48.2 Å². The summed E-state index contributed by atoms with van der Waals surface area (Å²) in [6.45, 7) is 1.05. The molecule has 0 unspecified atom stereocenters. The highest BCUT2D eigenvalue weighted by Gasteiger charge is 2.33. The second-order valence-corrected chi connectivity index (χ2v) is 4.49. The van der Waals surface area contributed by atoms with Crippen molar-refractivity contribution >= 4 is 5.91 Å². The van der Waals surface area contributed by atoms with Crippen LogP contribution in [0.15, 0.2) is 0 Å². The third-order valence-electron chi connectivity index (χ3n) is 2.99. The Morgan fingerprint density at radius 3 is 2.75 bits per heavy atom. The zero-order valence-electron chi connectivity index (χ0n) is 9.83. The van der Waals surface area contributed by atoms with E-state index in [9.17, 15) is 9.90 Å². The number of aliphatic hydroxyl groups is 1. The van der Waals surface area contributed by atoms with Crippen molar-refractivity contribution < 1.29 is 9.90 Å². The van der Waals surface area contributed by atoms with Gasteiger partial charge in [-0.05, 0) is 12.8 Å². The smallest absolute Gasteiger partial charge is 0.236 e. The van der Waals surface area contributed by atoms with Crippen LogP contribution < -0.4 is 5.32 Å². The van der Waals surface area contributed by atoms with Gasteiger partial charge in [-0.1, -0.05) is 18.8 Å². The zero-order chi connectivity index (χ0) is 12.0. The molecule has 0 bridgehead atoms. The number of carbonyl (C=O) groups excluding carboxylic acids is 1. The lowest BCUT2D eigenvalue weighted by Gasteiger charge is -2.28. The van der Waals surface area contributed by atoms with Gasteiger partial charge in [0, 0.05) is 13.6 Å². The van der Waals surface area contributed by atoms with E-state index in [1.807, 2.05) is 0 Å². The summed E-state index contributed by atoms with van der Waals surface area (Å²) in [4.78, 5) is 13.2. The van der Waals surface area contributed by atoms with Gasteiger partial charge in [-0.25, -0.2) is 0 Å². The molecule has 0 atom stereocenters. The largest absolute Gasteiger partial charge is 0.388 e. The van der Waals surface area contributed by atoms with Crippen LogP contribution in [0, 0.1) is 12.3 Å². The number of hydrogen-bond donors (Lipinski definition) is 2. The van der Waals surface area contributed by atoms with E-state index in [1.165, 1.54) is 0 Å². The predicted molar refractivity (Wildman–Crippen MR) is 62.8 cm³/mol. The van der Waals surface area contributed by atoms with Crippen molar-refractivity contribution in [3.63, 3.8) is 0 Å². The van der Waals surface area contributed by atoms with E-state index in [2.05, 4.69) is 11.2 Å². The van der Waals surface area contributed by atoms with Gasteiger partial charge in [-0.3, -0.25) is 10.1 Å². The van der Waals surface area contributed by atoms with E-state index in [-0.39, 0.29) is 12.5 Å². The van der Waals surface area contributed by atoms with Crippen molar-refractivity contribution in [1.82, 2.24) is 10.2 Å². The monoisotopic (exact) mass is 224 g/mol. The highest BCUT2D eigenvalue weighted by Crippen LogP contribution is 2.29. The first kappa shape index (κ1) is 13.0. The van der Waals surface area contributed by atoms with Crippen molar-refractivity contribution in [3.05, 3.63) is 0 Å². The normalized spacial score (nSPS) is 18.1. The number of terminal acetylenes is 1. The van der Waals surface area contributed by atoms with Crippen LogP contribution >= 0.6 is 0 Å². The maximum atomic E-state index is 11.6. The van der Waals surface area contributed by atoms with Crippen molar-refractivity contribution in [2.75, 3.05) is 26.7 Å². The van der Waals surface area contributed by atoms with E-state index >= 15 is 0 Å². The fraction of sp³-hybridized carbons (Fsp3) is 0.750. The molecule has 1 fully saturated rings. The summed E-state index contributed by atoms with van der Waals surface area (Å²) in [5.41, 5.74) is -0.670. The molecule has 4 nitrogen and oxygen atoms in total. The summed E-state index contributed by atoms with van der Waals surface area (Å²) in [5.74, 6) is 2.38. The van der Waals surface area contributed by atoms with Crippen LogP contribution in [-0.2, 0) is 4.79 Å². The van der Waals surface area contributed by atoms with E-state index in [0.717, 1.165) is 25.7 Å².